The summed E-state index contributed by atoms with van der Waals surface area (Å²) in [5.74, 6) is 1.23. The quantitative estimate of drug-likeness (QED) is 0.227. The van der Waals surface area contributed by atoms with E-state index in [-0.39, 0.29) is 5.78 Å². The third kappa shape index (κ3) is 9.19. The van der Waals surface area contributed by atoms with Gasteiger partial charge in [0, 0.05) is 23.9 Å². The van der Waals surface area contributed by atoms with Crippen molar-refractivity contribution in [2.75, 3.05) is 26.7 Å². The highest BCUT2D eigenvalue weighted by Gasteiger charge is 2.16. The molecule has 0 radical (unpaired) electrons. The van der Waals surface area contributed by atoms with Crippen molar-refractivity contribution in [2.45, 2.75) is 46.5 Å². The molecular weight excluding hydrogens is 372 g/mol. The number of Topliss-reactive ketones (excluding diaryl/α,β-unsaturated/α-hetero) is 1. The van der Waals surface area contributed by atoms with E-state index >= 15 is 0 Å². The largest absolute Gasteiger partial charge is 0.350 e. The highest BCUT2D eigenvalue weighted by atomic mass is 16.1. The Bertz CT molecular complexity index is 779. The van der Waals surface area contributed by atoms with Crippen molar-refractivity contribution >= 4 is 11.6 Å². The Morgan fingerprint density at radius 2 is 2.00 bits per heavy atom. The molecule has 1 aliphatic heterocycles. The van der Waals surface area contributed by atoms with Gasteiger partial charge in [0.1, 0.15) is 0 Å². The number of ketones is 1. The molecular formula is C25H36N4O. The van der Waals surface area contributed by atoms with Gasteiger partial charge in [-0.3, -0.25) is 9.79 Å². The van der Waals surface area contributed by atoms with Gasteiger partial charge < -0.3 is 10.2 Å². The van der Waals surface area contributed by atoms with Gasteiger partial charge in [0.25, 0.3) is 0 Å². The van der Waals surface area contributed by atoms with Gasteiger partial charge in [-0.1, -0.05) is 51.5 Å². The van der Waals surface area contributed by atoms with Crippen LogP contribution in [0, 0.1) is 17.2 Å². The van der Waals surface area contributed by atoms with Gasteiger partial charge >= 0.3 is 0 Å². The number of nitrogens with one attached hydrogen (secondary N) is 1. The molecule has 0 unspecified atom stereocenters. The van der Waals surface area contributed by atoms with Gasteiger partial charge in [0.2, 0.25) is 0 Å². The highest BCUT2D eigenvalue weighted by Crippen LogP contribution is 2.16. The summed E-state index contributed by atoms with van der Waals surface area (Å²) in [6.07, 6.45) is 8.13. The van der Waals surface area contributed by atoms with E-state index in [9.17, 15) is 4.79 Å². The van der Waals surface area contributed by atoms with E-state index < -0.39 is 0 Å². The van der Waals surface area contributed by atoms with E-state index in [1.54, 1.807) is 30.5 Å². The van der Waals surface area contributed by atoms with Crippen LogP contribution in [0.25, 0.3) is 0 Å². The summed E-state index contributed by atoms with van der Waals surface area (Å²) in [6.45, 7) is 13.0. The second-order valence-corrected chi connectivity index (χ2v) is 7.64. The van der Waals surface area contributed by atoms with Crippen molar-refractivity contribution in [3.05, 3.63) is 59.8 Å². The summed E-state index contributed by atoms with van der Waals surface area (Å²) in [5.41, 5.74) is 1.37. The molecule has 1 fully saturated rings. The lowest BCUT2D eigenvalue weighted by molar-refractivity contribution is 0.103. The van der Waals surface area contributed by atoms with Gasteiger partial charge in [-0.2, -0.15) is 5.26 Å². The Hall–Kier alpha value is -2.71. The molecule has 0 atom stereocenters. The number of hydrogen-bond donors (Lipinski definition) is 1. The van der Waals surface area contributed by atoms with Crippen LogP contribution in [-0.2, 0) is 0 Å². The molecule has 2 rings (SSSR count). The van der Waals surface area contributed by atoms with Crippen LogP contribution in [0.3, 0.4) is 0 Å². The standard InChI is InChI=1S/C21H26N4O.C4H10/c1-4-19(21(26)20-7-5-6-18(12-20)13-22)15-24-16(2)23-14-17-8-10-25(3)11-9-17;1-3-4-2/h4-7,12,15,17H,1,8-11,14H2,2-3H3,(H,23,24);3-4H2,1-2H3/b19-15+;. The predicted molar refractivity (Wildman–Crippen MR) is 126 cm³/mol. The number of rotatable bonds is 7. The van der Waals surface area contributed by atoms with E-state index in [0.29, 0.717) is 22.6 Å². The summed E-state index contributed by atoms with van der Waals surface area (Å²) >= 11 is 0. The van der Waals surface area contributed by atoms with Gasteiger partial charge in [-0.05, 0) is 58.0 Å². The SMILES string of the molecule is C=C/C(=C\NC(C)=NCC1CCN(C)CC1)C(=O)c1cccc(C#N)c1.CCCC. The van der Waals surface area contributed by atoms with Crippen LogP contribution >= 0.6 is 0 Å². The number of carbonyl (C=O) groups excluding carboxylic acids is 1. The number of amidine groups is 1. The van der Waals surface area contributed by atoms with E-state index in [1.807, 2.05) is 13.0 Å². The van der Waals surface area contributed by atoms with Crippen molar-refractivity contribution in [3.8, 4) is 6.07 Å². The maximum Gasteiger partial charge on any atom is 0.194 e. The molecule has 1 aliphatic rings. The molecule has 30 heavy (non-hydrogen) atoms. The van der Waals surface area contributed by atoms with Crippen LogP contribution < -0.4 is 5.32 Å². The number of piperidine rings is 1. The fourth-order valence-corrected chi connectivity index (χ4v) is 2.85. The summed E-state index contributed by atoms with van der Waals surface area (Å²) < 4.78 is 0. The highest BCUT2D eigenvalue weighted by molar-refractivity contribution is 6.10. The first-order valence-electron chi connectivity index (χ1n) is 10.8. The first-order valence-corrected chi connectivity index (χ1v) is 10.8. The van der Waals surface area contributed by atoms with Crippen LogP contribution in [0.2, 0.25) is 0 Å². The Balaban J connectivity index is 0.00000103. The minimum absolute atomic E-state index is 0.173. The zero-order valence-corrected chi connectivity index (χ0v) is 18.9. The second-order valence-electron chi connectivity index (χ2n) is 7.64. The molecule has 0 aromatic heterocycles. The summed E-state index contributed by atoms with van der Waals surface area (Å²) in [6, 6.07) is 8.70. The minimum atomic E-state index is -0.173. The molecule has 0 aliphatic carbocycles. The molecule has 0 amide bonds. The number of aliphatic imine (C=N–C) groups is 1. The second kappa shape index (κ2) is 14.3. The number of carbonyl (C=O) groups is 1. The lowest BCUT2D eigenvalue weighted by Crippen LogP contribution is -2.31. The van der Waals surface area contributed by atoms with E-state index in [1.165, 1.54) is 31.8 Å². The van der Waals surface area contributed by atoms with Crippen molar-refractivity contribution < 1.29 is 4.79 Å². The first-order chi connectivity index (χ1) is 14.4. The molecule has 162 valence electrons. The zero-order chi connectivity index (χ0) is 22.4. The summed E-state index contributed by atoms with van der Waals surface area (Å²) in [4.78, 5) is 19.5. The van der Waals surface area contributed by atoms with Crippen LogP contribution in [0.5, 0.6) is 0 Å². The Morgan fingerprint density at radius 3 is 2.57 bits per heavy atom. The van der Waals surface area contributed by atoms with Gasteiger partial charge in [0.05, 0.1) is 17.5 Å². The normalized spacial score (nSPS) is 15.6. The van der Waals surface area contributed by atoms with Crippen LogP contribution in [0.15, 0.2) is 53.7 Å². The van der Waals surface area contributed by atoms with Crippen LogP contribution in [0.1, 0.15) is 62.4 Å². The summed E-state index contributed by atoms with van der Waals surface area (Å²) in [7, 11) is 2.15. The molecule has 0 bridgehead atoms. The van der Waals surface area contributed by atoms with Crippen molar-refractivity contribution in [2.24, 2.45) is 10.9 Å². The minimum Gasteiger partial charge on any atom is -0.350 e. The number of hydrogen-bond acceptors (Lipinski definition) is 4. The smallest absolute Gasteiger partial charge is 0.194 e. The van der Waals surface area contributed by atoms with E-state index in [0.717, 1.165) is 25.5 Å². The molecule has 1 heterocycles. The first kappa shape index (κ1) is 25.3. The number of nitriles is 1. The third-order valence-corrected chi connectivity index (χ3v) is 5.10. The number of likely N-dealkylation sites (tertiary alicyclic amines) is 1. The number of allylic oxidation sites excluding steroid dienone is 2. The molecule has 1 N–H and O–H groups in total. The maximum atomic E-state index is 12.6. The number of benzene rings is 1. The van der Waals surface area contributed by atoms with Crippen molar-refractivity contribution in [3.63, 3.8) is 0 Å². The molecule has 0 spiro atoms. The lowest BCUT2D eigenvalue weighted by atomic mass is 9.97. The van der Waals surface area contributed by atoms with Crippen LogP contribution in [0.4, 0.5) is 0 Å². The molecule has 5 nitrogen and oxygen atoms in total. The monoisotopic (exact) mass is 408 g/mol. The molecule has 5 heteroatoms. The molecule has 1 aromatic rings. The van der Waals surface area contributed by atoms with Gasteiger partial charge in [0.15, 0.2) is 5.78 Å². The van der Waals surface area contributed by atoms with Gasteiger partial charge in [-0.15, -0.1) is 0 Å². The Kier molecular flexibility index (Phi) is 12.1. The molecule has 1 aromatic carbocycles. The average Bonchev–Trinajstić information content (AvgIpc) is 2.79. The Morgan fingerprint density at radius 1 is 1.33 bits per heavy atom. The van der Waals surface area contributed by atoms with E-state index in [4.69, 9.17) is 5.26 Å². The molecule has 1 saturated heterocycles. The third-order valence-electron chi connectivity index (χ3n) is 5.10. The predicted octanol–water partition coefficient (Wildman–Crippen LogP) is 4.97. The average molecular weight is 409 g/mol. The van der Waals surface area contributed by atoms with Crippen molar-refractivity contribution in [1.82, 2.24) is 10.2 Å². The molecule has 0 saturated carbocycles. The zero-order valence-electron chi connectivity index (χ0n) is 18.9. The van der Waals surface area contributed by atoms with Crippen LogP contribution in [-0.4, -0.2) is 43.2 Å². The van der Waals surface area contributed by atoms with Gasteiger partial charge in [-0.25, -0.2) is 0 Å². The topological polar surface area (TPSA) is 68.5 Å². The fourth-order valence-electron chi connectivity index (χ4n) is 2.85. The van der Waals surface area contributed by atoms with E-state index in [2.05, 4.69) is 42.7 Å². The summed E-state index contributed by atoms with van der Waals surface area (Å²) in [5, 5.41) is 12.1. The number of nitrogens with zero attached hydrogens (tertiary/aromatic N) is 3. The maximum absolute atomic E-state index is 12.6. The number of unbranched alkanes of at least 4 members (excludes halogenated alkanes) is 1. The van der Waals surface area contributed by atoms with Crippen molar-refractivity contribution in [1.29, 1.82) is 5.26 Å². The lowest BCUT2D eigenvalue weighted by Gasteiger charge is -2.27. The fraction of sp³-hybridized carbons (Fsp3) is 0.480. The Labute approximate surface area is 182 Å².